The fourth-order valence-corrected chi connectivity index (χ4v) is 2.91. The molecule has 0 radical (unpaired) electrons. The maximum absolute atomic E-state index is 12.2. The van der Waals surface area contributed by atoms with Crippen molar-refractivity contribution >= 4 is 23.4 Å². The molecule has 1 atom stereocenters. The van der Waals surface area contributed by atoms with Crippen LogP contribution in [0, 0.1) is 0 Å². The van der Waals surface area contributed by atoms with E-state index in [1.807, 2.05) is 0 Å². The summed E-state index contributed by atoms with van der Waals surface area (Å²) in [6, 6.07) is -0.433. The molecule has 1 aliphatic heterocycles. The van der Waals surface area contributed by atoms with Crippen LogP contribution in [0.3, 0.4) is 0 Å². The van der Waals surface area contributed by atoms with E-state index in [1.165, 1.54) is 5.54 Å². The Labute approximate surface area is 106 Å². The van der Waals surface area contributed by atoms with Gasteiger partial charge in [0.25, 0.3) is 0 Å². The van der Waals surface area contributed by atoms with E-state index in [2.05, 4.69) is 5.32 Å². The number of nitrogens with zero attached hydrogens (tertiary/aromatic N) is 1. The highest BCUT2D eigenvalue weighted by Crippen LogP contribution is 2.37. The number of hydrogen-bond acceptors (Lipinski definition) is 2. The molecule has 4 nitrogen and oxygen atoms in total. The first-order valence-corrected chi connectivity index (χ1v) is 6.43. The van der Waals surface area contributed by atoms with Gasteiger partial charge in [-0.2, -0.15) is 0 Å². The molecule has 1 heterocycles. The number of rotatable bonds is 2. The van der Waals surface area contributed by atoms with Crippen molar-refractivity contribution < 1.29 is 9.59 Å². The minimum atomic E-state index is -0.625. The minimum absolute atomic E-state index is 0.00919. The molecule has 1 unspecified atom stereocenters. The normalized spacial score (nSPS) is 28.1. The SMILES string of the molecule is CC1NC(=O)C2(CCCC2)N(C/C=C/Cl)C1=O. The first-order valence-electron chi connectivity index (χ1n) is 5.99. The summed E-state index contributed by atoms with van der Waals surface area (Å²) in [5, 5.41) is 2.78. The van der Waals surface area contributed by atoms with Crippen LogP contribution >= 0.6 is 11.6 Å². The first-order chi connectivity index (χ1) is 8.12. The van der Waals surface area contributed by atoms with Crippen LogP contribution < -0.4 is 5.32 Å². The van der Waals surface area contributed by atoms with Crippen molar-refractivity contribution in [3.8, 4) is 0 Å². The van der Waals surface area contributed by atoms with E-state index in [0.29, 0.717) is 6.54 Å². The number of nitrogens with one attached hydrogen (secondary N) is 1. The van der Waals surface area contributed by atoms with Crippen molar-refractivity contribution in [2.24, 2.45) is 0 Å². The van der Waals surface area contributed by atoms with Gasteiger partial charge in [0.05, 0.1) is 0 Å². The van der Waals surface area contributed by atoms with Crippen LogP contribution in [0.4, 0.5) is 0 Å². The van der Waals surface area contributed by atoms with Gasteiger partial charge in [-0.3, -0.25) is 9.59 Å². The lowest BCUT2D eigenvalue weighted by Gasteiger charge is -2.45. The number of carbonyl (C=O) groups excluding carboxylic acids is 2. The summed E-state index contributed by atoms with van der Waals surface area (Å²) in [6.07, 6.45) is 5.22. The van der Waals surface area contributed by atoms with Crippen molar-refractivity contribution in [3.05, 3.63) is 11.6 Å². The third-order valence-corrected chi connectivity index (χ3v) is 3.91. The molecule has 2 aliphatic rings. The molecule has 0 bridgehead atoms. The fourth-order valence-electron chi connectivity index (χ4n) is 2.83. The largest absolute Gasteiger partial charge is 0.343 e. The van der Waals surface area contributed by atoms with Crippen LogP contribution in [-0.4, -0.2) is 34.8 Å². The van der Waals surface area contributed by atoms with E-state index < -0.39 is 11.6 Å². The molecule has 1 saturated carbocycles. The molecule has 1 N–H and O–H groups in total. The molecule has 1 aliphatic carbocycles. The molecule has 5 heteroatoms. The standard InChI is InChI=1S/C12H17ClN2O2/c1-9-10(16)15(8-4-7-13)12(11(17)14-9)5-2-3-6-12/h4,7,9H,2-3,5-6,8H2,1H3,(H,14,17)/b7-4+. The van der Waals surface area contributed by atoms with Gasteiger partial charge < -0.3 is 10.2 Å². The molecule has 1 saturated heterocycles. The zero-order valence-corrected chi connectivity index (χ0v) is 10.7. The molecule has 1 spiro atoms. The van der Waals surface area contributed by atoms with Crippen LogP contribution in [-0.2, 0) is 9.59 Å². The summed E-state index contributed by atoms with van der Waals surface area (Å²) < 4.78 is 0. The molecule has 2 amide bonds. The van der Waals surface area contributed by atoms with E-state index in [0.717, 1.165) is 25.7 Å². The first kappa shape index (κ1) is 12.4. The lowest BCUT2D eigenvalue weighted by atomic mass is 9.89. The van der Waals surface area contributed by atoms with E-state index >= 15 is 0 Å². The van der Waals surface area contributed by atoms with E-state index in [1.54, 1.807) is 17.9 Å². The number of halogens is 1. The Morgan fingerprint density at radius 1 is 1.47 bits per heavy atom. The van der Waals surface area contributed by atoms with Gasteiger partial charge in [0, 0.05) is 12.1 Å². The van der Waals surface area contributed by atoms with Crippen LogP contribution in [0.2, 0.25) is 0 Å². The molecule has 0 aromatic carbocycles. The Hall–Kier alpha value is -1.03. The molecule has 2 rings (SSSR count). The maximum Gasteiger partial charge on any atom is 0.246 e. The molecule has 0 aromatic heterocycles. The van der Waals surface area contributed by atoms with Crippen molar-refractivity contribution in [2.45, 2.75) is 44.2 Å². The smallest absolute Gasteiger partial charge is 0.246 e. The molecular weight excluding hydrogens is 240 g/mol. The van der Waals surface area contributed by atoms with Crippen LogP contribution in [0.25, 0.3) is 0 Å². The molecular formula is C12H17ClN2O2. The molecule has 17 heavy (non-hydrogen) atoms. The summed E-state index contributed by atoms with van der Waals surface area (Å²) in [4.78, 5) is 26.1. The summed E-state index contributed by atoms with van der Waals surface area (Å²) in [5.74, 6) is -0.0219. The Morgan fingerprint density at radius 2 is 2.12 bits per heavy atom. The van der Waals surface area contributed by atoms with Crippen molar-refractivity contribution in [3.63, 3.8) is 0 Å². The van der Waals surface area contributed by atoms with Gasteiger partial charge in [0.2, 0.25) is 11.8 Å². The van der Waals surface area contributed by atoms with Gasteiger partial charge in [-0.05, 0) is 19.8 Å². The van der Waals surface area contributed by atoms with Crippen LogP contribution in [0.1, 0.15) is 32.6 Å². The molecule has 0 aromatic rings. The van der Waals surface area contributed by atoms with Gasteiger partial charge in [0.1, 0.15) is 11.6 Å². The van der Waals surface area contributed by atoms with Crippen molar-refractivity contribution in [2.75, 3.05) is 6.54 Å². The van der Waals surface area contributed by atoms with E-state index in [4.69, 9.17) is 11.6 Å². The average Bonchev–Trinajstić information content (AvgIpc) is 2.77. The Balaban J connectivity index is 2.31. The van der Waals surface area contributed by atoms with Gasteiger partial charge in [-0.15, -0.1) is 0 Å². The summed E-state index contributed by atoms with van der Waals surface area (Å²) >= 11 is 5.52. The zero-order chi connectivity index (χ0) is 12.5. The Kier molecular flexibility index (Phi) is 3.43. The van der Waals surface area contributed by atoms with Crippen molar-refractivity contribution in [1.82, 2.24) is 10.2 Å². The van der Waals surface area contributed by atoms with Gasteiger partial charge in [-0.25, -0.2) is 0 Å². The summed E-state index contributed by atoms with van der Waals surface area (Å²) in [5.41, 5.74) is 0.771. The van der Waals surface area contributed by atoms with Crippen molar-refractivity contribution in [1.29, 1.82) is 0 Å². The number of carbonyl (C=O) groups is 2. The molecule has 2 fully saturated rings. The molecule has 94 valence electrons. The summed E-state index contributed by atoms with van der Waals surface area (Å²) in [6.45, 7) is 2.14. The topological polar surface area (TPSA) is 49.4 Å². The van der Waals surface area contributed by atoms with Crippen LogP contribution in [0.5, 0.6) is 0 Å². The van der Waals surface area contributed by atoms with Gasteiger partial charge >= 0.3 is 0 Å². The highest BCUT2D eigenvalue weighted by Gasteiger charge is 2.52. The number of hydrogen-bond donors (Lipinski definition) is 1. The average molecular weight is 257 g/mol. The second kappa shape index (κ2) is 4.69. The Bertz CT molecular complexity index is 362. The predicted molar refractivity (Wildman–Crippen MR) is 65.5 cm³/mol. The monoisotopic (exact) mass is 256 g/mol. The highest BCUT2D eigenvalue weighted by molar-refractivity contribution is 6.25. The van der Waals surface area contributed by atoms with E-state index in [-0.39, 0.29) is 11.8 Å². The van der Waals surface area contributed by atoms with E-state index in [9.17, 15) is 9.59 Å². The predicted octanol–water partition coefficient (Wildman–Crippen LogP) is 1.40. The zero-order valence-electron chi connectivity index (χ0n) is 9.91. The van der Waals surface area contributed by atoms with Gasteiger partial charge in [0.15, 0.2) is 0 Å². The highest BCUT2D eigenvalue weighted by atomic mass is 35.5. The lowest BCUT2D eigenvalue weighted by molar-refractivity contribution is -0.155. The number of piperazine rings is 1. The van der Waals surface area contributed by atoms with Crippen LogP contribution in [0.15, 0.2) is 11.6 Å². The fraction of sp³-hybridized carbons (Fsp3) is 0.667. The maximum atomic E-state index is 12.2. The second-order valence-electron chi connectivity index (χ2n) is 4.74. The third-order valence-electron chi connectivity index (χ3n) is 3.73. The Morgan fingerprint density at radius 3 is 2.71 bits per heavy atom. The lowest BCUT2D eigenvalue weighted by Crippen LogP contribution is -2.69. The number of amides is 2. The minimum Gasteiger partial charge on any atom is -0.343 e. The second-order valence-corrected chi connectivity index (χ2v) is 5.00. The van der Waals surface area contributed by atoms with Gasteiger partial charge in [-0.1, -0.05) is 30.5 Å². The summed E-state index contributed by atoms with van der Waals surface area (Å²) in [7, 11) is 0. The third kappa shape index (κ3) is 1.95. The quantitative estimate of drug-likeness (QED) is 0.812.